The van der Waals surface area contributed by atoms with Gasteiger partial charge in [0.05, 0.1) is 11.6 Å². The summed E-state index contributed by atoms with van der Waals surface area (Å²) < 4.78 is 0. The Morgan fingerprint density at radius 3 is 2.11 bits per heavy atom. The number of nitriles is 1. The molecular formula is C16H13NO2. The predicted octanol–water partition coefficient (Wildman–Crippen LogP) is 3.11. The molecule has 19 heavy (non-hydrogen) atoms. The molecule has 0 aliphatic rings. The summed E-state index contributed by atoms with van der Waals surface area (Å²) in [5.74, 6) is 0.0610. The van der Waals surface area contributed by atoms with Crippen molar-refractivity contribution in [1.29, 1.82) is 5.26 Å². The molecular weight excluding hydrogens is 238 g/mol. The van der Waals surface area contributed by atoms with Crippen molar-refractivity contribution in [1.82, 2.24) is 0 Å². The zero-order valence-corrected chi connectivity index (χ0v) is 10.8. The third kappa shape index (κ3) is 2.48. The molecule has 2 aromatic rings. The van der Waals surface area contributed by atoms with Gasteiger partial charge in [-0.3, -0.25) is 4.79 Å². The smallest absolute Gasteiger partial charge is 0.193 e. The van der Waals surface area contributed by atoms with Gasteiger partial charge in [-0.25, -0.2) is 0 Å². The van der Waals surface area contributed by atoms with Gasteiger partial charge in [0, 0.05) is 11.1 Å². The Morgan fingerprint density at radius 1 is 1.11 bits per heavy atom. The van der Waals surface area contributed by atoms with Crippen molar-refractivity contribution in [2.75, 3.05) is 0 Å². The summed E-state index contributed by atoms with van der Waals surface area (Å²) in [4.78, 5) is 12.4. The summed E-state index contributed by atoms with van der Waals surface area (Å²) in [6.45, 7) is 3.59. The maximum absolute atomic E-state index is 12.4. The molecule has 0 fully saturated rings. The molecule has 0 heterocycles. The fraction of sp³-hybridized carbons (Fsp3) is 0.125. The highest BCUT2D eigenvalue weighted by Gasteiger charge is 2.15. The Balaban J connectivity index is 2.47. The third-order valence-corrected chi connectivity index (χ3v) is 3.02. The quantitative estimate of drug-likeness (QED) is 0.834. The maximum atomic E-state index is 12.4. The molecule has 0 saturated heterocycles. The molecule has 3 heteroatoms. The van der Waals surface area contributed by atoms with Crippen molar-refractivity contribution in [2.24, 2.45) is 0 Å². The van der Waals surface area contributed by atoms with Crippen LogP contribution < -0.4 is 0 Å². The molecule has 0 atom stereocenters. The lowest BCUT2D eigenvalue weighted by Crippen LogP contribution is -2.06. The minimum atomic E-state index is -0.0977. The maximum Gasteiger partial charge on any atom is 0.193 e. The number of rotatable bonds is 2. The highest BCUT2D eigenvalue weighted by molar-refractivity contribution is 6.10. The van der Waals surface area contributed by atoms with Crippen LogP contribution in [0.2, 0.25) is 0 Å². The summed E-state index contributed by atoms with van der Waals surface area (Å²) in [7, 11) is 0. The van der Waals surface area contributed by atoms with E-state index in [0.717, 1.165) is 11.1 Å². The SMILES string of the molecule is Cc1cc(O)cc(C)c1C(=O)c1ccc(C#N)cc1. The van der Waals surface area contributed by atoms with Crippen molar-refractivity contribution >= 4 is 5.78 Å². The van der Waals surface area contributed by atoms with Crippen molar-refractivity contribution in [3.8, 4) is 11.8 Å². The van der Waals surface area contributed by atoms with Gasteiger partial charge >= 0.3 is 0 Å². The molecule has 1 N–H and O–H groups in total. The average molecular weight is 251 g/mol. The summed E-state index contributed by atoms with van der Waals surface area (Å²) in [5.41, 5.74) is 3.15. The molecule has 0 bridgehead atoms. The molecule has 0 aliphatic heterocycles. The Morgan fingerprint density at radius 2 is 1.63 bits per heavy atom. The van der Waals surface area contributed by atoms with Crippen LogP contribution in [0.1, 0.15) is 32.6 Å². The Bertz CT molecular complexity index is 656. The van der Waals surface area contributed by atoms with Crippen LogP contribution >= 0.6 is 0 Å². The molecule has 0 aliphatic carbocycles. The van der Waals surface area contributed by atoms with E-state index in [9.17, 15) is 9.90 Å². The average Bonchev–Trinajstić information content (AvgIpc) is 2.37. The van der Waals surface area contributed by atoms with E-state index in [2.05, 4.69) is 0 Å². The molecule has 94 valence electrons. The number of benzene rings is 2. The fourth-order valence-corrected chi connectivity index (χ4v) is 2.14. The van der Waals surface area contributed by atoms with Crippen molar-refractivity contribution in [3.05, 3.63) is 64.2 Å². The zero-order valence-electron chi connectivity index (χ0n) is 10.8. The number of nitrogens with zero attached hydrogens (tertiary/aromatic N) is 1. The Hall–Kier alpha value is -2.60. The lowest BCUT2D eigenvalue weighted by Gasteiger charge is -2.09. The third-order valence-electron chi connectivity index (χ3n) is 3.02. The van der Waals surface area contributed by atoms with Gasteiger partial charge in [0.25, 0.3) is 0 Å². The van der Waals surface area contributed by atoms with Gasteiger partial charge in [-0.05, 0) is 61.4 Å². The number of carbonyl (C=O) groups is 1. The second-order valence-corrected chi connectivity index (χ2v) is 4.47. The Kier molecular flexibility index (Phi) is 3.35. The molecule has 0 aromatic heterocycles. The number of hydrogen-bond acceptors (Lipinski definition) is 3. The van der Waals surface area contributed by atoms with Crippen LogP contribution in [-0.2, 0) is 0 Å². The van der Waals surface area contributed by atoms with Gasteiger partial charge in [-0.15, -0.1) is 0 Å². The molecule has 0 unspecified atom stereocenters. The normalized spacial score (nSPS) is 9.95. The van der Waals surface area contributed by atoms with Gasteiger partial charge in [-0.2, -0.15) is 5.26 Å². The van der Waals surface area contributed by atoms with E-state index >= 15 is 0 Å². The zero-order chi connectivity index (χ0) is 14.0. The van der Waals surface area contributed by atoms with Gasteiger partial charge in [0.15, 0.2) is 5.78 Å². The first-order valence-electron chi connectivity index (χ1n) is 5.88. The van der Waals surface area contributed by atoms with E-state index in [-0.39, 0.29) is 11.5 Å². The number of hydrogen-bond donors (Lipinski definition) is 1. The summed E-state index contributed by atoms with van der Waals surface area (Å²) >= 11 is 0. The summed E-state index contributed by atoms with van der Waals surface area (Å²) in [6.07, 6.45) is 0. The van der Waals surface area contributed by atoms with Crippen LogP contribution in [0.5, 0.6) is 5.75 Å². The largest absolute Gasteiger partial charge is 0.508 e. The van der Waals surface area contributed by atoms with E-state index in [1.165, 1.54) is 0 Å². The highest BCUT2D eigenvalue weighted by Crippen LogP contribution is 2.23. The van der Waals surface area contributed by atoms with E-state index in [1.807, 2.05) is 6.07 Å². The second-order valence-electron chi connectivity index (χ2n) is 4.47. The lowest BCUT2D eigenvalue weighted by atomic mass is 9.94. The van der Waals surface area contributed by atoms with Crippen LogP contribution in [0.15, 0.2) is 36.4 Å². The molecule has 0 saturated carbocycles. The minimum Gasteiger partial charge on any atom is -0.508 e. The van der Waals surface area contributed by atoms with Crippen molar-refractivity contribution in [3.63, 3.8) is 0 Å². The molecule has 0 radical (unpaired) electrons. The van der Waals surface area contributed by atoms with Crippen molar-refractivity contribution < 1.29 is 9.90 Å². The van der Waals surface area contributed by atoms with Crippen LogP contribution in [-0.4, -0.2) is 10.9 Å². The first kappa shape index (κ1) is 12.8. The number of phenolic OH excluding ortho intramolecular Hbond substituents is 1. The van der Waals surface area contributed by atoms with Gasteiger partial charge in [0.2, 0.25) is 0 Å². The predicted molar refractivity (Wildman–Crippen MR) is 72.2 cm³/mol. The summed E-state index contributed by atoms with van der Waals surface area (Å²) in [5, 5.41) is 18.2. The number of aromatic hydroxyl groups is 1. The topological polar surface area (TPSA) is 61.1 Å². The number of aryl methyl sites for hydroxylation is 2. The molecule has 0 spiro atoms. The van der Waals surface area contributed by atoms with Gasteiger partial charge in [-0.1, -0.05) is 0 Å². The minimum absolute atomic E-state index is 0.0977. The van der Waals surface area contributed by atoms with Crippen LogP contribution in [0.25, 0.3) is 0 Å². The molecule has 2 aromatic carbocycles. The molecule has 3 nitrogen and oxygen atoms in total. The number of ketones is 1. The monoisotopic (exact) mass is 251 g/mol. The second kappa shape index (κ2) is 4.95. The standard InChI is InChI=1S/C16H13NO2/c1-10-7-14(18)8-11(2)15(10)16(19)13-5-3-12(9-17)4-6-13/h3-8,18H,1-2H3. The first-order valence-corrected chi connectivity index (χ1v) is 5.88. The number of phenols is 1. The van der Waals surface area contributed by atoms with Gasteiger partial charge in [0.1, 0.15) is 5.75 Å². The molecule has 0 amide bonds. The van der Waals surface area contributed by atoms with E-state index in [1.54, 1.807) is 50.2 Å². The fourth-order valence-electron chi connectivity index (χ4n) is 2.14. The van der Waals surface area contributed by atoms with Crippen LogP contribution in [0, 0.1) is 25.2 Å². The highest BCUT2D eigenvalue weighted by atomic mass is 16.3. The Labute approximate surface area is 111 Å². The van der Waals surface area contributed by atoms with E-state index < -0.39 is 0 Å². The molecule has 2 rings (SSSR count). The lowest BCUT2D eigenvalue weighted by molar-refractivity contribution is 0.103. The number of carbonyl (C=O) groups excluding carboxylic acids is 1. The van der Waals surface area contributed by atoms with Crippen LogP contribution in [0.3, 0.4) is 0 Å². The van der Waals surface area contributed by atoms with Gasteiger partial charge < -0.3 is 5.11 Å². The first-order chi connectivity index (χ1) is 9.02. The summed E-state index contributed by atoms with van der Waals surface area (Å²) in [6, 6.07) is 11.7. The van der Waals surface area contributed by atoms with Crippen molar-refractivity contribution in [2.45, 2.75) is 13.8 Å². The van der Waals surface area contributed by atoms with E-state index in [4.69, 9.17) is 5.26 Å². The van der Waals surface area contributed by atoms with Crippen LogP contribution in [0.4, 0.5) is 0 Å². The van der Waals surface area contributed by atoms with E-state index in [0.29, 0.717) is 16.7 Å².